The maximum Gasteiger partial charge on any atom is 0.105 e. The van der Waals surface area contributed by atoms with Crippen molar-refractivity contribution in [3.63, 3.8) is 0 Å². The first-order chi connectivity index (χ1) is 9.61. The highest BCUT2D eigenvalue weighted by atomic mass is 35.5. The van der Waals surface area contributed by atoms with Gasteiger partial charge in [-0.05, 0) is 42.5 Å². The predicted molar refractivity (Wildman–Crippen MR) is 85.3 cm³/mol. The quantitative estimate of drug-likeness (QED) is 0.814. The van der Waals surface area contributed by atoms with Crippen molar-refractivity contribution in [3.05, 3.63) is 69.7 Å². The molecule has 0 aliphatic rings. The highest BCUT2D eigenvalue weighted by molar-refractivity contribution is 6.31. The minimum absolute atomic E-state index is 0.618. The van der Waals surface area contributed by atoms with Crippen molar-refractivity contribution in [1.29, 1.82) is 0 Å². The average Bonchev–Trinajstić information content (AvgIpc) is 2.45. The van der Waals surface area contributed by atoms with E-state index in [9.17, 15) is 5.11 Å². The molecule has 2 heteroatoms. The van der Waals surface area contributed by atoms with E-state index in [1.54, 1.807) is 0 Å². The highest BCUT2D eigenvalue weighted by Gasteiger charge is 2.13. The lowest BCUT2D eigenvalue weighted by Gasteiger charge is -2.14. The minimum Gasteiger partial charge on any atom is -0.384 e. The summed E-state index contributed by atoms with van der Waals surface area (Å²) in [5.41, 5.74) is 4.06. The molecule has 0 radical (unpaired) electrons. The van der Waals surface area contributed by atoms with Gasteiger partial charge in [-0.3, -0.25) is 0 Å². The molecule has 0 bridgehead atoms. The molecule has 0 saturated heterocycles. The van der Waals surface area contributed by atoms with Gasteiger partial charge in [0.25, 0.3) is 0 Å². The molecule has 0 spiro atoms. The van der Waals surface area contributed by atoms with Crippen LogP contribution >= 0.6 is 11.6 Å². The average molecular weight is 289 g/mol. The number of hydrogen-bond acceptors (Lipinski definition) is 1. The molecule has 0 aliphatic carbocycles. The summed E-state index contributed by atoms with van der Waals surface area (Å²) in [5, 5.41) is 11.1. The molecule has 106 valence electrons. The SMILES string of the molecule is CCCCc1ccc(C(O)c2ccc(C)cc2Cl)cc1. The van der Waals surface area contributed by atoms with Crippen molar-refractivity contribution >= 4 is 11.6 Å². The summed E-state index contributed by atoms with van der Waals surface area (Å²) in [6.45, 7) is 4.18. The van der Waals surface area contributed by atoms with E-state index in [4.69, 9.17) is 11.6 Å². The van der Waals surface area contributed by atoms with Crippen molar-refractivity contribution < 1.29 is 5.11 Å². The van der Waals surface area contributed by atoms with Crippen LogP contribution in [0.4, 0.5) is 0 Å². The minimum atomic E-state index is -0.664. The molecule has 20 heavy (non-hydrogen) atoms. The number of aryl methyl sites for hydroxylation is 2. The van der Waals surface area contributed by atoms with E-state index in [0.29, 0.717) is 5.02 Å². The summed E-state index contributed by atoms with van der Waals surface area (Å²) in [6.07, 6.45) is 2.83. The van der Waals surface area contributed by atoms with Gasteiger partial charge < -0.3 is 5.11 Å². The Hall–Kier alpha value is -1.31. The maximum atomic E-state index is 10.4. The van der Waals surface area contributed by atoms with Crippen LogP contribution in [0.15, 0.2) is 42.5 Å². The summed E-state index contributed by atoms with van der Waals surface area (Å²) >= 11 is 6.21. The molecule has 1 nitrogen and oxygen atoms in total. The van der Waals surface area contributed by atoms with E-state index in [-0.39, 0.29) is 0 Å². The van der Waals surface area contributed by atoms with Crippen LogP contribution in [0, 0.1) is 6.92 Å². The van der Waals surface area contributed by atoms with Gasteiger partial charge in [-0.2, -0.15) is 0 Å². The third kappa shape index (κ3) is 3.62. The fraction of sp³-hybridized carbons (Fsp3) is 0.333. The lowest BCUT2D eigenvalue weighted by Crippen LogP contribution is -2.01. The number of aliphatic hydroxyl groups is 1. The Morgan fingerprint density at radius 1 is 1.10 bits per heavy atom. The van der Waals surface area contributed by atoms with Crippen molar-refractivity contribution in [3.8, 4) is 0 Å². The zero-order valence-corrected chi connectivity index (χ0v) is 12.8. The van der Waals surface area contributed by atoms with Crippen molar-refractivity contribution in [2.24, 2.45) is 0 Å². The van der Waals surface area contributed by atoms with Crippen molar-refractivity contribution in [1.82, 2.24) is 0 Å². The number of rotatable bonds is 5. The molecule has 0 heterocycles. The molecule has 2 aromatic carbocycles. The fourth-order valence-electron chi connectivity index (χ4n) is 2.28. The summed E-state index contributed by atoms with van der Waals surface area (Å²) in [5.74, 6) is 0. The number of halogens is 1. The Labute approximate surface area is 126 Å². The third-order valence-electron chi connectivity index (χ3n) is 3.57. The van der Waals surface area contributed by atoms with E-state index in [2.05, 4.69) is 19.1 Å². The van der Waals surface area contributed by atoms with Gasteiger partial charge in [0.1, 0.15) is 6.10 Å². The van der Waals surface area contributed by atoms with E-state index in [1.165, 1.54) is 18.4 Å². The van der Waals surface area contributed by atoms with Crippen LogP contribution in [0.3, 0.4) is 0 Å². The van der Waals surface area contributed by atoms with E-state index in [1.807, 2.05) is 37.3 Å². The Bertz CT molecular complexity index is 560. The summed E-state index contributed by atoms with van der Waals surface area (Å²) in [6, 6.07) is 13.9. The number of hydrogen-bond donors (Lipinski definition) is 1. The van der Waals surface area contributed by atoms with Gasteiger partial charge >= 0.3 is 0 Å². The van der Waals surface area contributed by atoms with Gasteiger partial charge in [0.15, 0.2) is 0 Å². The molecular formula is C18H21ClO. The molecule has 2 aromatic rings. The van der Waals surface area contributed by atoms with Gasteiger partial charge in [0.05, 0.1) is 0 Å². The Balaban J connectivity index is 2.18. The normalized spacial score (nSPS) is 12.4. The van der Waals surface area contributed by atoms with E-state index < -0.39 is 6.10 Å². The van der Waals surface area contributed by atoms with Crippen LogP contribution in [0.5, 0.6) is 0 Å². The molecule has 0 saturated carbocycles. The van der Waals surface area contributed by atoms with E-state index >= 15 is 0 Å². The van der Waals surface area contributed by atoms with Crippen LogP contribution in [0.25, 0.3) is 0 Å². The van der Waals surface area contributed by atoms with Gasteiger partial charge in [-0.25, -0.2) is 0 Å². The topological polar surface area (TPSA) is 20.2 Å². The monoisotopic (exact) mass is 288 g/mol. The first-order valence-corrected chi connectivity index (χ1v) is 7.52. The molecule has 1 atom stereocenters. The zero-order valence-electron chi connectivity index (χ0n) is 12.1. The standard InChI is InChI=1S/C18H21ClO/c1-3-4-5-14-7-9-15(10-8-14)18(20)16-11-6-13(2)12-17(16)19/h6-12,18,20H,3-5H2,1-2H3. The van der Waals surface area contributed by atoms with Gasteiger partial charge in [-0.15, -0.1) is 0 Å². The molecule has 0 amide bonds. The highest BCUT2D eigenvalue weighted by Crippen LogP contribution is 2.29. The Morgan fingerprint density at radius 2 is 1.80 bits per heavy atom. The number of unbranched alkanes of at least 4 members (excludes halogenated alkanes) is 1. The summed E-state index contributed by atoms with van der Waals surface area (Å²) < 4.78 is 0. The second-order valence-corrected chi connectivity index (χ2v) is 5.68. The summed E-state index contributed by atoms with van der Waals surface area (Å²) in [7, 11) is 0. The predicted octanol–water partition coefficient (Wildman–Crippen LogP) is 5.07. The maximum absolute atomic E-state index is 10.4. The fourth-order valence-corrected chi connectivity index (χ4v) is 2.62. The molecule has 0 aromatic heterocycles. The molecule has 0 fully saturated rings. The molecule has 2 rings (SSSR count). The van der Waals surface area contributed by atoms with Crippen LogP contribution in [-0.2, 0) is 6.42 Å². The second-order valence-electron chi connectivity index (χ2n) is 5.27. The third-order valence-corrected chi connectivity index (χ3v) is 3.89. The van der Waals surface area contributed by atoms with Gasteiger partial charge in [0, 0.05) is 10.6 Å². The Morgan fingerprint density at radius 3 is 2.40 bits per heavy atom. The van der Waals surface area contributed by atoms with E-state index in [0.717, 1.165) is 23.1 Å². The van der Waals surface area contributed by atoms with Crippen LogP contribution < -0.4 is 0 Å². The van der Waals surface area contributed by atoms with Crippen LogP contribution in [0.1, 0.15) is 48.1 Å². The molecule has 1 unspecified atom stereocenters. The van der Waals surface area contributed by atoms with Crippen LogP contribution in [-0.4, -0.2) is 5.11 Å². The lowest BCUT2D eigenvalue weighted by molar-refractivity contribution is 0.220. The zero-order chi connectivity index (χ0) is 14.5. The number of aliphatic hydroxyl groups excluding tert-OH is 1. The van der Waals surface area contributed by atoms with Crippen molar-refractivity contribution in [2.75, 3.05) is 0 Å². The first kappa shape index (κ1) is 15.1. The van der Waals surface area contributed by atoms with Gasteiger partial charge in [0.2, 0.25) is 0 Å². The summed E-state index contributed by atoms with van der Waals surface area (Å²) in [4.78, 5) is 0. The first-order valence-electron chi connectivity index (χ1n) is 7.14. The Kier molecular flexibility index (Phi) is 5.22. The second kappa shape index (κ2) is 6.92. The largest absolute Gasteiger partial charge is 0.384 e. The lowest BCUT2D eigenvalue weighted by atomic mass is 9.98. The molecular weight excluding hydrogens is 268 g/mol. The molecule has 1 N–H and O–H groups in total. The van der Waals surface area contributed by atoms with Gasteiger partial charge in [-0.1, -0.05) is 61.3 Å². The molecule has 0 aliphatic heterocycles. The number of benzene rings is 2. The smallest absolute Gasteiger partial charge is 0.105 e. The van der Waals surface area contributed by atoms with Crippen LogP contribution in [0.2, 0.25) is 5.02 Å². The van der Waals surface area contributed by atoms with Crippen molar-refractivity contribution in [2.45, 2.75) is 39.2 Å².